The smallest absolute Gasteiger partial charge is 0.0357 e. The van der Waals surface area contributed by atoms with Gasteiger partial charge in [0.15, 0.2) is 0 Å². The predicted molar refractivity (Wildman–Crippen MR) is 98.7 cm³/mol. The van der Waals surface area contributed by atoms with E-state index in [9.17, 15) is 0 Å². The van der Waals surface area contributed by atoms with E-state index in [1.807, 2.05) is 0 Å². The summed E-state index contributed by atoms with van der Waals surface area (Å²) < 4.78 is 0. The third kappa shape index (κ3) is 7.71. The molecule has 0 spiro atoms. The van der Waals surface area contributed by atoms with E-state index in [-0.39, 0.29) is 0 Å². The molecule has 128 valence electrons. The Kier molecular flexibility index (Phi) is 11.6. The zero-order chi connectivity index (χ0) is 16.4. The van der Waals surface area contributed by atoms with Crippen LogP contribution in [0.3, 0.4) is 0 Å². The standard InChI is InChI=1S/C21H44/c1-9-12-14-19(11-3)21(18(8)13-10-2)15-20(16(4)5)17(6)7/h16-21H,9-15H2,1-8H3. The van der Waals surface area contributed by atoms with Gasteiger partial charge in [-0.2, -0.15) is 0 Å². The molecule has 0 aromatic heterocycles. The number of rotatable bonds is 12. The summed E-state index contributed by atoms with van der Waals surface area (Å²) in [5, 5.41) is 0. The lowest BCUT2D eigenvalue weighted by molar-refractivity contribution is 0.129. The topological polar surface area (TPSA) is 0 Å². The van der Waals surface area contributed by atoms with Crippen molar-refractivity contribution in [3.8, 4) is 0 Å². The van der Waals surface area contributed by atoms with E-state index >= 15 is 0 Å². The maximum atomic E-state index is 2.53. The minimum absolute atomic E-state index is 0.824. The molecule has 0 rings (SSSR count). The molecule has 0 heterocycles. The van der Waals surface area contributed by atoms with Crippen molar-refractivity contribution in [1.82, 2.24) is 0 Å². The molecule has 0 saturated heterocycles. The molecule has 0 amide bonds. The van der Waals surface area contributed by atoms with Gasteiger partial charge in [-0.25, -0.2) is 0 Å². The summed E-state index contributed by atoms with van der Waals surface area (Å²) in [6, 6.07) is 0. The lowest BCUT2D eigenvalue weighted by Gasteiger charge is -2.37. The highest BCUT2D eigenvalue weighted by molar-refractivity contribution is 4.80. The Balaban J connectivity index is 5.00. The second kappa shape index (κ2) is 11.6. The van der Waals surface area contributed by atoms with E-state index < -0.39 is 0 Å². The molecule has 0 aromatic rings. The van der Waals surface area contributed by atoms with Crippen LogP contribution in [0.1, 0.15) is 100 Å². The van der Waals surface area contributed by atoms with Crippen LogP contribution in [0.4, 0.5) is 0 Å². The molecule has 0 saturated carbocycles. The summed E-state index contributed by atoms with van der Waals surface area (Å²) in [5.74, 6) is 5.33. The van der Waals surface area contributed by atoms with Crippen molar-refractivity contribution in [2.24, 2.45) is 35.5 Å². The third-order valence-corrected chi connectivity index (χ3v) is 5.79. The van der Waals surface area contributed by atoms with Crippen LogP contribution in [0.5, 0.6) is 0 Å². The molecule has 3 unspecified atom stereocenters. The third-order valence-electron chi connectivity index (χ3n) is 5.79. The lowest BCUT2D eigenvalue weighted by atomic mass is 9.68. The molecular formula is C21H44. The quantitative estimate of drug-likeness (QED) is 0.348. The van der Waals surface area contributed by atoms with Crippen molar-refractivity contribution in [2.45, 2.75) is 100 Å². The Bertz CT molecular complexity index is 220. The Hall–Kier alpha value is 0. The first-order chi connectivity index (χ1) is 9.88. The summed E-state index contributed by atoms with van der Waals surface area (Å²) in [7, 11) is 0. The Morgan fingerprint density at radius 1 is 0.667 bits per heavy atom. The molecular weight excluding hydrogens is 252 g/mol. The first kappa shape index (κ1) is 21.0. The van der Waals surface area contributed by atoms with E-state index in [0.717, 1.165) is 35.5 Å². The van der Waals surface area contributed by atoms with Gasteiger partial charge in [0, 0.05) is 0 Å². The summed E-state index contributed by atoms with van der Waals surface area (Å²) in [6.07, 6.45) is 9.81. The fraction of sp³-hybridized carbons (Fsp3) is 1.00. The normalized spacial score (nSPS) is 16.7. The van der Waals surface area contributed by atoms with E-state index in [4.69, 9.17) is 0 Å². The average molecular weight is 297 g/mol. The maximum Gasteiger partial charge on any atom is -0.0357 e. The van der Waals surface area contributed by atoms with Crippen molar-refractivity contribution < 1.29 is 0 Å². The molecule has 0 radical (unpaired) electrons. The molecule has 3 atom stereocenters. The number of hydrogen-bond acceptors (Lipinski definition) is 0. The van der Waals surface area contributed by atoms with Crippen LogP contribution in [0.15, 0.2) is 0 Å². The summed E-state index contributed by atoms with van der Waals surface area (Å²) >= 11 is 0. The minimum Gasteiger partial charge on any atom is -0.0654 e. The van der Waals surface area contributed by atoms with Crippen molar-refractivity contribution in [3.63, 3.8) is 0 Å². The van der Waals surface area contributed by atoms with E-state index in [2.05, 4.69) is 55.4 Å². The van der Waals surface area contributed by atoms with Gasteiger partial charge in [0.05, 0.1) is 0 Å². The Morgan fingerprint density at radius 3 is 1.62 bits per heavy atom. The molecule has 0 aliphatic heterocycles. The van der Waals surface area contributed by atoms with Gasteiger partial charge in [0.2, 0.25) is 0 Å². The number of unbranched alkanes of at least 4 members (excludes halogenated alkanes) is 1. The van der Waals surface area contributed by atoms with Crippen LogP contribution in [0.25, 0.3) is 0 Å². The summed E-state index contributed by atoms with van der Waals surface area (Å²) in [4.78, 5) is 0. The van der Waals surface area contributed by atoms with Crippen LogP contribution in [-0.2, 0) is 0 Å². The average Bonchev–Trinajstić information content (AvgIpc) is 2.41. The summed E-state index contributed by atoms with van der Waals surface area (Å²) in [6.45, 7) is 19.4. The second-order valence-corrected chi connectivity index (χ2v) is 8.13. The highest BCUT2D eigenvalue weighted by atomic mass is 14.4. The van der Waals surface area contributed by atoms with Crippen LogP contribution >= 0.6 is 0 Å². The molecule has 21 heavy (non-hydrogen) atoms. The maximum absolute atomic E-state index is 2.53. The van der Waals surface area contributed by atoms with E-state index in [0.29, 0.717) is 0 Å². The zero-order valence-corrected chi connectivity index (χ0v) is 16.4. The van der Waals surface area contributed by atoms with Gasteiger partial charge in [-0.15, -0.1) is 0 Å². The van der Waals surface area contributed by atoms with E-state index in [1.165, 1.54) is 44.9 Å². The van der Waals surface area contributed by atoms with Gasteiger partial charge in [0.25, 0.3) is 0 Å². The number of hydrogen-bond donors (Lipinski definition) is 0. The van der Waals surface area contributed by atoms with Crippen LogP contribution in [-0.4, -0.2) is 0 Å². The molecule has 0 bridgehead atoms. The van der Waals surface area contributed by atoms with Crippen molar-refractivity contribution in [2.75, 3.05) is 0 Å². The van der Waals surface area contributed by atoms with Gasteiger partial charge in [-0.3, -0.25) is 0 Å². The lowest BCUT2D eigenvalue weighted by Crippen LogP contribution is -2.28. The molecule has 0 nitrogen and oxygen atoms in total. The predicted octanol–water partition coefficient (Wildman–Crippen LogP) is 7.57. The largest absolute Gasteiger partial charge is 0.0654 e. The van der Waals surface area contributed by atoms with E-state index in [1.54, 1.807) is 0 Å². The fourth-order valence-corrected chi connectivity index (χ4v) is 4.37. The molecule has 0 aliphatic carbocycles. The Labute approximate surface area is 136 Å². The molecule has 0 fully saturated rings. The van der Waals surface area contributed by atoms with Crippen molar-refractivity contribution in [1.29, 1.82) is 0 Å². The Morgan fingerprint density at radius 2 is 1.24 bits per heavy atom. The summed E-state index contributed by atoms with van der Waals surface area (Å²) in [5.41, 5.74) is 0. The van der Waals surface area contributed by atoms with Crippen molar-refractivity contribution >= 4 is 0 Å². The van der Waals surface area contributed by atoms with Gasteiger partial charge in [-0.05, 0) is 41.9 Å². The monoisotopic (exact) mass is 296 g/mol. The van der Waals surface area contributed by atoms with Crippen LogP contribution in [0.2, 0.25) is 0 Å². The van der Waals surface area contributed by atoms with Gasteiger partial charge in [0.1, 0.15) is 0 Å². The second-order valence-electron chi connectivity index (χ2n) is 8.13. The fourth-order valence-electron chi connectivity index (χ4n) is 4.37. The molecule has 0 aliphatic rings. The SMILES string of the molecule is CCCCC(CC)C(CC(C(C)C)C(C)C)C(C)CCC. The van der Waals surface area contributed by atoms with Crippen LogP contribution < -0.4 is 0 Å². The van der Waals surface area contributed by atoms with Crippen LogP contribution in [0, 0.1) is 35.5 Å². The van der Waals surface area contributed by atoms with Gasteiger partial charge >= 0.3 is 0 Å². The molecule has 0 aromatic carbocycles. The minimum atomic E-state index is 0.824. The first-order valence-electron chi connectivity index (χ1n) is 9.88. The van der Waals surface area contributed by atoms with Gasteiger partial charge in [-0.1, -0.05) is 93.9 Å². The molecule has 0 heteroatoms. The van der Waals surface area contributed by atoms with Crippen molar-refractivity contribution in [3.05, 3.63) is 0 Å². The molecule has 0 N–H and O–H groups in total. The van der Waals surface area contributed by atoms with Gasteiger partial charge < -0.3 is 0 Å². The highest BCUT2D eigenvalue weighted by Gasteiger charge is 2.30. The zero-order valence-electron chi connectivity index (χ0n) is 16.4. The highest BCUT2D eigenvalue weighted by Crippen LogP contribution is 2.39. The first-order valence-corrected chi connectivity index (χ1v) is 9.88.